The molecular formula is C11H22N. The van der Waals surface area contributed by atoms with Crippen molar-refractivity contribution in [3.8, 4) is 0 Å². The summed E-state index contributed by atoms with van der Waals surface area (Å²) in [5, 5.41) is 3.46. The smallest absolute Gasteiger partial charge is 0.00103 e. The van der Waals surface area contributed by atoms with Gasteiger partial charge < -0.3 is 5.32 Å². The lowest BCUT2D eigenvalue weighted by molar-refractivity contribution is 0.463. The third-order valence-corrected chi connectivity index (χ3v) is 2.62. The third-order valence-electron chi connectivity index (χ3n) is 2.62. The van der Waals surface area contributed by atoms with Crippen molar-refractivity contribution in [2.24, 2.45) is 5.92 Å². The monoisotopic (exact) mass is 168 g/mol. The molecule has 0 aliphatic heterocycles. The van der Waals surface area contributed by atoms with Crippen molar-refractivity contribution in [2.75, 3.05) is 6.54 Å². The molecule has 0 amide bonds. The number of nitrogens with one attached hydrogen (secondary N) is 1. The summed E-state index contributed by atoms with van der Waals surface area (Å²) in [5.41, 5.74) is 0. The van der Waals surface area contributed by atoms with Gasteiger partial charge in [0.15, 0.2) is 0 Å². The van der Waals surface area contributed by atoms with E-state index in [9.17, 15) is 0 Å². The molecule has 1 saturated carbocycles. The Bertz CT molecular complexity index is 104. The van der Waals surface area contributed by atoms with E-state index in [1.807, 2.05) is 0 Å². The molecular weight excluding hydrogens is 146 g/mol. The highest BCUT2D eigenvalue weighted by Crippen LogP contribution is 2.27. The Morgan fingerprint density at radius 1 is 1.50 bits per heavy atom. The van der Waals surface area contributed by atoms with E-state index in [1.54, 1.807) is 0 Å². The van der Waals surface area contributed by atoms with E-state index in [4.69, 9.17) is 0 Å². The number of hydrogen-bond acceptors (Lipinski definition) is 1. The van der Waals surface area contributed by atoms with Crippen molar-refractivity contribution < 1.29 is 0 Å². The van der Waals surface area contributed by atoms with Crippen molar-refractivity contribution in [3.05, 3.63) is 6.42 Å². The van der Waals surface area contributed by atoms with E-state index in [1.165, 1.54) is 38.6 Å². The molecule has 0 aromatic carbocycles. The maximum Gasteiger partial charge on any atom is 0.00103 e. The predicted molar refractivity (Wildman–Crippen MR) is 54.0 cm³/mol. The zero-order valence-electron chi connectivity index (χ0n) is 8.47. The Morgan fingerprint density at radius 3 is 2.92 bits per heavy atom. The summed E-state index contributed by atoms with van der Waals surface area (Å²) >= 11 is 0. The van der Waals surface area contributed by atoms with Gasteiger partial charge in [-0.15, -0.1) is 0 Å². The molecule has 1 rings (SSSR count). The Morgan fingerprint density at radius 2 is 2.33 bits per heavy atom. The van der Waals surface area contributed by atoms with E-state index >= 15 is 0 Å². The SMILES string of the molecule is CC(C)NCCCC1C[CH]CC1. The van der Waals surface area contributed by atoms with Crippen molar-refractivity contribution in [3.63, 3.8) is 0 Å². The van der Waals surface area contributed by atoms with Gasteiger partial charge in [-0.05, 0) is 44.6 Å². The van der Waals surface area contributed by atoms with Crippen LogP contribution in [0.4, 0.5) is 0 Å². The molecule has 1 aliphatic rings. The van der Waals surface area contributed by atoms with Gasteiger partial charge in [0.1, 0.15) is 0 Å². The lowest BCUT2D eigenvalue weighted by Crippen LogP contribution is -2.23. The molecule has 1 nitrogen and oxygen atoms in total. The summed E-state index contributed by atoms with van der Waals surface area (Å²) < 4.78 is 0. The van der Waals surface area contributed by atoms with Gasteiger partial charge in [0, 0.05) is 6.04 Å². The van der Waals surface area contributed by atoms with Crippen LogP contribution in [-0.2, 0) is 0 Å². The van der Waals surface area contributed by atoms with Gasteiger partial charge in [0.25, 0.3) is 0 Å². The molecule has 0 heterocycles. The molecule has 0 aromatic rings. The van der Waals surface area contributed by atoms with Gasteiger partial charge in [-0.25, -0.2) is 0 Å². The van der Waals surface area contributed by atoms with Crippen LogP contribution in [0.3, 0.4) is 0 Å². The first-order chi connectivity index (χ1) is 5.79. The van der Waals surface area contributed by atoms with Gasteiger partial charge in [-0.1, -0.05) is 20.3 Å². The first-order valence-electron chi connectivity index (χ1n) is 5.34. The second kappa shape index (κ2) is 5.58. The average Bonchev–Trinajstić information content (AvgIpc) is 2.49. The molecule has 71 valence electrons. The minimum absolute atomic E-state index is 0.653. The molecule has 1 aliphatic carbocycles. The maximum absolute atomic E-state index is 3.46. The van der Waals surface area contributed by atoms with Crippen LogP contribution in [0.1, 0.15) is 46.0 Å². The highest BCUT2D eigenvalue weighted by Gasteiger charge is 2.13. The number of rotatable bonds is 5. The minimum Gasteiger partial charge on any atom is -0.315 e. The molecule has 1 heteroatoms. The summed E-state index contributed by atoms with van der Waals surface area (Å²) in [5.74, 6) is 1.01. The van der Waals surface area contributed by atoms with E-state index in [-0.39, 0.29) is 0 Å². The summed E-state index contributed by atoms with van der Waals surface area (Å²) in [7, 11) is 0. The first kappa shape index (κ1) is 10.0. The van der Waals surface area contributed by atoms with Crippen LogP contribution in [0.5, 0.6) is 0 Å². The second-order valence-electron chi connectivity index (χ2n) is 4.22. The normalized spacial score (nSPS) is 19.2. The molecule has 0 bridgehead atoms. The van der Waals surface area contributed by atoms with Gasteiger partial charge in [0.2, 0.25) is 0 Å². The van der Waals surface area contributed by atoms with Gasteiger partial charge in [-0.2, -0.15) is 0 Å². The second-order valence-corrected chi connectivity index (χ2v) is 4.22. The van der Waals surface area contributed by atoms with E-state index in [0.29, 0.717) is 6.04 Å². The molecule has 1 radical (unpaired) electrons. The summed E-state index contributed by atoms with van der Waals surface area (Å²) in [4.78, 5) is 0. The fraction of sp³-hybridized carbons (Fsp3) is 0.909. The lowest BCUT2D eigenvalue weighted by atomic mass is 10.0. The maximum atomic E-state index is 3.46. The quantitative estimate of drug-likeness (QED) is 0.622. The van der Waals surface area contributed by atoms with Gasteiger partial charge in [-0.3, -0.25) is 0 Å². The molecule has 1 fully saturated rings. The fourth-order valence-corrected chi connectivity index (χ4v) is 1.87. The van der Waals surface area contributed by atoms with E-state index in [2.05, 4.69) is 25.6 Å². The van der Waals surface area contributed by atoms with Crippen LogP contribution in [0.15, 0.2) is 0 Å². The first-order valence-corrected chi connectivity index (χ1v) is 5.34. The molecule has 1 unspecified atom stereocenters. The number of hydrogen-bond donors (Lipinski definition) is 1. The standard InChI is InChI=1S/C11H22N/c1-10(2)12-9-5-8-11-6-3-4-7-11/h3,10-12H,4-9H2,1-2H3. The third kappa shape index (κ3) is 4.10. The summed E-state index contributed by atoms with van der Waals surface area (Å²) in [6, 6.07) is 0.653. The minimum atomic E-state index is 0.653. The topological polar surface area (TPSA) is 12.0 Å². The predicted octanol–water partition coefficient (Wildman–Crippen LogP) is 2.77. The Labute approximate surface area is 76.9 Å². The van der Waals surface area contributed by atoms with Crippen molar-refractivity contribution >= 4 is 0 Å². The zero-order valence-corrected chi connectivity index (χ0v) is 8.47. The van der Waals surface area contributed by atoms with Crippen LogP contribution < -0.4 is 5.32 Å². The Balaban J connectivity index is 1.88. The summed E-state index contributed by atoms with van der Waals surface area (Å²) in [6.45, 7) is 5.63. The summed E-state index contributed by atoms with van der Waals surface area (Å²) in [6.07, 6.45) is 9.42. The molecule has 12 heavy (non-hydrogen) atoms. The Hall–Kier alpha value is -0.0400. The van der Waals surface area contributed by atoms with E-state index < -0.39 is 0 Å². The Kier molecular flexibility index (Phi) is 4.67. The van der Waals surface area contributed by atoms with Gasteiger partial charge in [0.05, 0.1) is 0 Å². The largest absolute Gasteiger partial charge is 0.315 e. The molecule has 0 saturated heterocycles. The van der Waals surface area contributed by atoms with Crippen LogP contribution in [0, 0.1) is 12.3 Å². The molecule has 1 N–H and O–H groups in total. The highest BCUT2D eigenvalue weighted by molar-refractivity contribution is 4.80. The molecule has 0 spiro atoms. The van der Waals surface area contributed by atoms with Gasteiger partial charge >= 0.3 is 0 Å². The van der Waals surface area contributed by atoms with Crippen molar-refractivity contribution in [1.82, 2.24) is 5.32 Å². The van der Waals surface area contributed by atoms with Crippen LogP contribution >= 0.6 is 0 Å². The molecule has 0 aromatic heterocycles. The van der Waals surface area contributed by atoms with Crippen molar-refractivity contribution in [1.29, 1.82) is 0 Å². The average molecular weight is 168 g/mol. The lowest BCUT2D eigenvalue weighted by Gasteiger charge is -2.10. The van der Waals surface area contributed by atoms with Crippen LogP contribution in [0.25, 0.3) is 0 Å². The highest BCUT2D eigenvalue weighted by atomic mass is 14.9. The zero-order chi connectivity index (χ0) is 8.81. The molecule has 1 atom stereocenters. The fourth-order valence-electron chi connectivity index (χ4n) is 1.87. The van der Waals surface area contributed by atoms with Crippen molar-refractivity contribution in [2.45, 2.75) is 52.0 Å². The van der Waals surface area contributed by atoms with Crippen LogP contribution in [0.2, 0.25) is 0 Å². The van der Waals surface area contributed by atoms with Crippen LogP contribution in [-0.4, -0.2) is 12.6 Å². The van der Waals surface area contributed by atoms with E-state index in [0.717, 1.165) is 5.92 Å².